The Hall–Kier alpha value is -1.38. The Morgan fingerprint density at radius 2 is 1.24 bits per heavy atom. The normalized spacial score (nSPS) is 15.0. The molecule has 2 aromatic rings. The summed E-state index contributed by atoms with van der Waals surface area (Å²) >= 11 is 0. The minimum absolute atomic E-state index is 0.347. The molecule has 1 atom stereocenters. The molecule has 112 valence electrons. The Balaban J connectivity index is 2.39. The molecule has 0 radical (unpaired) electrons. The van der Waals surface area contributed by atoms with Gasteiger partial charge in [-0.05, 0) is 25.5 Å². The molecule has 0 aromatic heterocycles. The second-order valence-electron chi connectivity index (χ2n) is 5.03. The topological polar surface area (TPSA) is 20.2 Å². The van der Waals surface area contributed by atoms with Crippen molar-refractivity contribution in [1.29, 1.82) is 0 Å². The molecule has 0 fully saturated rings. The lowest BCUT2D eigenvalue weighted by Gasteiger charge is -2.31. The lowest BCUT2D eigenvalue weighted by atomic mass is 10.1. The molecule has 0 aliphatic heterocycles. The molecule has 1 nitrogen and oxygen atoms in total. The first-order chi connectivity index (χ1) is 9.81. The van der Waals surface area contributed by atoms with E-state index >= 15 is 0 Å². The van der Waals surface area contributed by atoms with Crippen molar-refractivity contribution in [1.82, 2.24) is 0 Å². The van der Waals surface area contributed by atoms with Gasteiger partial charge in [0.1, 0.15) is 0 Å². The summed E-state index contributed by atoms with van der Waals surface area (Å²) in [6.07, 6.45) is -4.99. The highest BCUT2D eigenvalue weighted by molar-refractivity contribution is 7.73. The van der Waals surface area contributed by atoms with Crippen molar-refractivity contribution in [3.63, 3.8) is 0 Å². The summed E-state index contributed by atoms with van der Waals surface area (Å²) in [5.74, 6) is 0. The quantitative estimate of drug-likeness (QED) is 0.858. The van der Waals surface area contributed by atoms with E-state index in [9.17, 15) is 18.3 Å². The highest BCUT2D eigenvalue weighted by Crippen LogP contribution is 2.42. The van der Waals surface area contributed by atoms with Gasteiger partial charge in [0.15, 0.2) is 5.60 Å². The van der Waals surface area contributed by atoms with Gasteiger partial charge in [-0.1, -0.05) is 60.7 Å². The standard InChI is InChI=1S/C16H16F3OP/c1-15(20,16(17,18)19)12-21(13-8-4-2-5-9-13)14-10-6-3-7-11-14/h2-11,20H,12H2,1H3. The second-order valence-corrected chi connectivity index (χ2v) is 7.23. The van der Waals surface area contributed by atoms with Crippen molar-refractivity contribution >= 4 is 18.5 Å². The predicted molar refractivity (Wildman–Crippen MR) is 80.6 cm³/mol. The van der Waals surface area contributed by atoms with Crippen molar-refractivity contribution < 1.29 is 18.3 Å². The van der Waals surface area contributed by atoms with Crippen LogP contribution < -0.4 is 10.6 Å². The van der Waals surface area contributed by atoms with Crippen LogP contribution in [0.2, 0.25) is 0 Å². The lowest BCUT2D eigenvalue weighted by Crippen LogP contribution is -2.46. The van der Waals surface area contributed by atoms with Crippen molar-refractivity contribution in [3.8, 4) is 0 Å². The summed E-state index contributed by atoms with van der Waals surface area (Å²) < 4.78 is 39.0. The van der Waals surface area contributed by atoms with Crippen LogP contribution in [-0.4, -0.2) is 23.0 Å². The summed E-state index contributed by atoms with van der Waals surface area (Å²) in [5, 5.41) is 11.5. The number of rotatable bonds is 4. The van der Waals surface area contributed by atoms with Crippen LogP contribution in [-0.2, 0) is 0 Å². The van der Waals surface area contributed by atoms with Crippen LogP contribution in [0.5, 0.6) is 0 Å². The average molecular weight is 312 g/mol. The van der Waals surface area contributed by atoms with Gasteiger partial charge < -0.3 is 5.11 Å². The van der Waals surface area contributed by atoms with Crippen molar-refractivity contribution in [3.05, 3.63) is 60.7 Å². The Morgan fingerprint density at radius 1 is 0.857 bits per heavy atom. The number of benzene rings is 2. The first kappa shape index (κ1) is 16.0. The molecule has 5 heteroatoms. The molecular formula is C16H16F3OP. The number of hydrogen-bond donors (Lipinski definition) is 1. The van der Waals surface area contributed by atoms with Gasteiger partial charge in [-0.25, -0.2) is 0 Å². The lowest BCUT2D eigenvalue weighted by molar-refractivity contribution is -0.243. The Kier molecular flexibility index (Phi) is 4.70. The van der Waals surface area contributed by atoms with E-state index in [0.717, 1.165) is 17.5 Å². The van der Waals surface area contributed by atoms with Crippen molar-refractivity contribution in [2.45, 2.75) is 18.7 Å². The molecule has 0 amide bonds. The number of alkyl halides is 3. The minimum Gasteiger partial charge on any atom is -0.380 e. The molecule has 0 spiro atoms. The van der Waals surface area contributed by atoms with Gasteiger partial charge in [0, 0.05) is 6.16 Å². The largest absolute Gasteiger partial charge is 0.417 e. The zero-order valence-electron chi connectivity index (χ0n) is 11.5. The van der Waals surface area contributed by atoms with Gasteiger partial charge in [-0.2, -0.15) is 13.2 Å². The summed E-state index contributed by atoms with van der Waals surface area (Å²) in [7, 11) is -1.27. The summed E-state index contributed by atoms with van der Waals surface area (Å²) in [6, 6.07) is 18.1. The van der Waals surface area contributed by atoms with Crippen molar-refractivity contribution in [2.24, 2.45) is 0 Å². The molecule has 0 saturated heterocycles. The zero-order chi connectivity index (χ0) is 15.5. The molecule has 1 unspecified atom stereocenters. The third-order valence-electron chi connectivity index (χ3n) is 3.21. The molecule has 0 aliphatic rings. The van der Waals surface area contributed by atoms with Gasteiger partial charge in [0.05, 0.1) is 0 Å². The number of hydrogen-bond acceptors (Lipinski definition) is 1. The molecule has 0 saturated carbocycles. The highest BCUT2D eigenvalue weighted by atomic mass is 31.1. The van der Waals surface area contributed by atoms with Crippen molar-refractivity contribution in [2.75, 3.05) is 6.16 Å². The average Bonchev–Trinajstić information content (AvgIpc) is 2.45. The maximum Gasteiger partial charge on any atom is 0.417 e. The van der Waals surface area contributed by atoms with E-state index in [2.05, 4.69) is 0 Å². The first-order valence-corrected chi connectivity index (χ1v) is 8.01. The van der Waals surface area contributed by atoms with E-state index in [0.29, 0.717) is 0 Å². The molecule has 0 bridgehead atoms. The summed E-state index contributed by atoms with van der Waals surface area (Å²) in [5.41, 5.74) is -2.70. The van der Waals surface area contributed by atoms with Crippen LogP contribution >= 0.6 is 7.92 Å². The third-order valence-corrected chi connectivity index (χ3v) is 5.99. The summed E-state index contributed by atoms with van der Waals surface area (Å²) in [6.45, 7) is 0.841. The smallest absolute Gasteiger partial charge is 0.380 e. The fourth-order valence-electron chi connectivity index (χ4n) is 1.95. The number of halogens is 3. The molecule has 0 heterocycles. The van der Waals surface area contributed by atoms with Gasteiger partial charge in [0.2, 0.25) is 0 Å². The Morgan fingerprint density at radius 3 is 1.57 bits per heavy atom. The Bertz CT molecular complexity index is 528. The van der Waals surface area contributed by atoms with E-state index in [1.165, 1.54) is 0 Å². The van der Waals surface area contributed by atoms with Crippen LogP contribution in [0.3, 0.4) is 0 Å². The molecule has 21 heavy (non-hydrogen) atoms. The van der Waals surface area contributed by atoms with E-state index in [1.807, 2.05) is 36.4 Å². The molecular weight excluding hydrogens is 296 g/mol. The van der Waals surface area contributed by atoms with Crippen LogP contribution in [0.25, 0.3) is 0 Å². The fourth-order valence-corrected chi connectivity index (χ4v) is 4.47. The monoisotopic (exact) mass is 312 g/mol. The maximum atomic E-state index is 13.0. The van der Waals surface area contributed by atoms with Gasteiger partial charge >= 0.3 is 6.18 Å². The Labute approximate surface area is 123 Å². The molecule has 2 rings (SSSR count). The van der Waals surface area contributed by atoms with Gasteiger partial charge in [-0.15, -0.1) is 0 Å². The second kappa shape index (κ2) is 6.17. The highest BCUT2D eigenvalue weighted by Gasteiger charge is 2.51. The van der Waals surface area contributed by atoms with Crippen LogP contribution in [0.4, 0.5) is 13.2 Å². The fraction of sp³-hybridized carbons (Fsp3) is 0.250. The molecule has 1 N–H and O–H groups in total. The van der Waals surface area contributed by atoms with E-state index in [-0.39, 0.29) is 6.16 Å². The molecule has 2 aromatic carbocycles. The van der Waals surface area contributed by atoms with Gasteiger partial charge in [-0.3, -0.25) is 0 Å². The molecule has 0 aliphatic carbocycles. The van der Waals surface area contributed by atoms with Gasteiger partial charge in [0.25, 0.3) is 0 Å². The third kappa shape index (κ3) is 3.84. The predicted octanol–water partition coefficient (Wildman–Crippen LogP) is 3.43. The maximum absolute atomic E-state index is 13.0. The SMILES string of the molecule is CC(O)(CP(c1ccccc1)c1ccccc1)C(F)(F)F. The van der Waals surface area contributed by atoms with Crippen LogP contribution in [0.15, 0.2) is 60.7 Å². The van der Waals surface area contributed by atoms with E-state index in [1.54, 1.807) is 24.3 Å². The zero-order valence-corrected chi connectivity index (χ0v) is 12.4. The summed E-state index contributed by atoms with van der Waals surface area (Å²) in [4.78, 5) is 0. The number of aliphatic hydroxyl groups is 1. The minimum atomic E-state index is -4.64. The van der Waals surface area contributed by atoms with E-state index in [4.69, 9.17) is 0 Å². The van der Waals surface area contributed by atoms with Crippen LogP contribution in [0, 0.1) is 0 Å². The first-order valence-electron chi connectivity index (χ1n) is 6.48. The van der Waals surface area contributed by atoms with E-state index < -0.39 is 19.7 Å². The van der Waals surface area contributed by atoms with Crippen LogP contribution in [0.1, 0.15) is 6.92 Å².